The van der Waals surface area contributed by atoms with E-state index in [9.17, 15) is 22.0 Å². The Hall–Kier alpha value is -2.82. The lowest BCUT2D eigenvalue weighted by molar-refractivity contribution is 0.383. The largest absolute Gasteiger partial charge is 0.353 e. The van der Waals surface area contributed by atoms with Gasteiger partial charge < -0.3 is 4.90 Å². The minimum atomic E-state index is -3.82. The van der Waals surface area contributed by atoms with Crippen molar-refractivity contribution in [3.8, 4) is 5.69 Å². The van der Waals surface area contributed by atoms with Crippen molar-refractivity contribution in [3.05, 3.63) is 81.6 Å². The van der Waals surface area contributed by atoms with Gasteiger partial charge in [-0.1, -0.05) is 11.6 Å². The molecule has 0 aliphatic carbocycles. The molecule has 1 saturated heterocycles. The third-order valence-corrected chi connectivity index (χ3v) is 7.13. The van der Waals surface area contributed by atoms with Crippen LogP contribution in [0.15, 0.2) is 64.3 Å². The van der Waals surface area contributed by atoms with Gasteiger partial charge in [-0.25, -0.2) is 17.2 Å². The SMILES string of the molecule is O=c1ccc(N2CCN(S(=O)(=O)c3ccc(F)c(Cl)c3)CC2)nn1-c1ccc(F)cc1. The molecule has 7 nitrogen and oxygen atoms in total. The average molecular weight is 467 g/mol. The van der Waals surface area contributed by atoms with E-state index in [1.165, 1.54) is 45.4 Å². The summed E-state index contributed by atoms with van der Waals surface area (Å²) in [6.45, 7) is 1.02. The lowest BCUT2D eigenvalue weighted by Crippen LogP contribution is -2.49. The molecule has 0 radical (unpaired) electrons. The van der Waals surface area contributed by atoms with E-state index in [1.807, 2.05) is 4.90 Å². The second-order valence-electron chi connectivity index (χ2n) is 6.89. The number of halogens is 3. The summed E-state index contributed by atoms with van der Waals surface area (Å²) in [5.41, 5.74) is 0.0485. The molecule has 1 aliphatic heterocycles. The molecule has 0 N–H and O–H groups in total. The van der Waals surface area contributed by atoms with Crippen molar-refractivity contribution in [3.63, 3.8) is 0 Å². The Morgan fingerprint density at radius 2 is 1.58 bits per heavy atom. The molecule has 0 unspecified atom stereocenters. The second kappa shape index (κ2) is 8.37. The number of aromatic nitrogens is 2. The van der Waals surface area contributed by atoms with Crippen LogP contribution in [0.3, 0.4) is 0 Å². The summed E-state index contributed by atoms with van der Waals surface area (Å²) in [4.78, 5) is 14.0. The van der Waals surface area contributed by atoms with E-state index in [1.54, 1.807) is 6.07 Å². The Bertz CT molecular complexity index is 1270. The van der Waals surface area contributed by atoms with Gasteiger partial charge in [-0.15, -0.1) is 5.10 Å². The Morgan fingerprint density at radius 1 is 0.903 bits per heavy atom. The summed E-state index contributed by atoms with van der Waals surface area (Å²) in [5, 5.41) is 4.09. The fourth-order valence-electron chi connectivity index (χ4n) is 3.28. The first-order valence-electron chi connectivity index (χ1n) is 9.32. The predicted molar refractivity (Wildman–Crippen MR) is 112 cm³/mol. The molecule has 0 spiro atoms. The van der Waals surface area contributed by atoms with Crippen LogP contribution >= 0.6 is 11.6 Å². The van der Waals surface area contributed by atoms with Gasteiger partial charge in [0.25, 0.3) is 5.56 Å². The van der Waals surface area contributed by atoms with Crippen molar-refractivity contribution in [2.45, 2.75) is 4.90 Å². The molecule has 0 bridgehead atoms. The van der Waals surface area contributed by atoms with Gasteiger partial charge in [0.15, 0.2) is 0 Å². The summed E-state index contributed by atoms with van der Waals surface area (Å²) >= 11 is 5.73. The standard InChI is InChI=1S/C20H17ClF2N4O3S/c21-17-13-16(5-6-18(17)23)31(29,30)26-11-9-25(10-12-26)19-7-8-20(28)27(24-19)15-3-1-14(22)2-4-15/h1-8,13H,9-12H2. The van der Waals surface area contributed by atoms with Gasteiger partial charge in [0.1, 0.15) is 17.5 Å². The van der Waals surface area contributed by atoms with E-state index in [-0.39, 0.29) is 28.6 Å². The molecule has 11 heteroatoms. The van der Waals surface area contributed by atoms with Crippen LogP contribution in [0.5, 0.6) is 0 Å². The van der Waals surface area contributed by atoms with E-state index in [2.05, 4.69) is 5.10 Å². The van der Waals surface area contributed by atoms with Gasteiger partial charge in [-0.2, -0.15) is 8.99 Å². The highest BCUT2D eigenvalue weighted by Gasteiger charge is 2.29. The Balaban J connectivity index is 1.52. The van der Waals surface area contributed by atoms with Gasteiger partial charge in [0.05, 0.1) is 15.6 Å². The molecule has 3 aromatic rings. The zero-order valence-electron chi connectivity index (χ0n) is 16.1. The summed E-state index contributed by atoms with van der Waals surface area (Å²) in [6, 6.07) is 11.6. The molecule has 162 valence electrons. The lowest BCUT2D eigenvalue weighted by atomic mass is 10.3. The Morgan fingerprint density at radius 3 is 2.23 bits per heavy atom. The van der Waals surface area contributed by atoms with Crippen LogP contribution in [0.2, 0.25) is 5.02 Å². The van der Waals surface area contributed by atoms with Crippen LogP contribution in [0.25, 0.3) is 5.69 Å². The molecule has 31 heavy (non-hydrogen) atoms. The van der Waals surface area contributed by atoms with E-state index in [4.69, 9.17) is 11.6 Å². The maximum Gasteiger partial charge on any atom is 0.271 e. The van der Waals surface area contributed by atoms with Crippen LogP contribution in [-0.4, -0.2) is 48.7 Å². The zero-order chi connectivity index (χ0) is 22.2. The normalized spacial score (nSPS) is 15.3. The third-order valence-electron chi connectivity index (χ3n) is 4.95. The first-order valence-corrected chi connectivity index (χ1v) is 11.1. The molecule has 0 atom stereocenters. The van der Waals surface area contributed by atoms with Gasteiger partial charge >= 0.3 is 0 Å². The van der Waals surface area contributed by atoms with Crippen molar-refractivity contribution in [2.75, 3.05) is 31.1 Å². The molecule has 0 amide bonds. The number of piperazine rings is 1. The average Bonchev–Trinajstić information content (AvgIpc) is 2.77. The first-order chi connectivity index (χ1) is 14.8. The molecule has 2 heterocycles. The van der Waals surface area contributed by atoms with Gasteiger partial charge in [0, 0.05) is 32.2 Å². The monoisotopic (exact) mass is 466 g/mol. The topological polar surface area (TPSA) is 75.5 Å². The summed E-state index contributed by atoms with van der Waals surface area (Å²) in [6.07, 6.45) is 0. The highest BCUT2D eigenvalue weighted by Crippen LogP contribution is 2.24. The Labute approximate surface area is 182 Å². The molecular weight excluding hydrogens is 450 g/mol. The minimum absolute atomic E-state index is 0.0738. The highest BCUT2D eigenvalue weighted by molar-refractivity contribution is 7.89. The number of nitrogens with zero attached hydrogens (tertiary/aromatic N) is 4. The zero-order valence-corrected chi connectivity index (χ0v) is 17.7. The van der Waals surface area contributed by atoms with E-state index in [0.29, 0.717) is 24.6 Å². The molecule has 2 aromatic carbocycles. The quantitative estimate of drug-likeness (QED) is 0.591. The minimum Gasteiger partial charge on any atom is -0.353 e. The molecular formula is C20H17ClF2N4O3S. The van der Waals surface area contributed by atoms with Crippen molar-refractivity contribution < 1.29 is 17.2 Å². The number of hydrogen-bond donors (Lipinski definition) is 0. The van der Waals surface area contributed by atoms with E-state index in [0.717, 1.165) is 12.1 Å². The van der Waals surface area contributed by atoms with Crippen LogP contribution in [-0.2, 0) is 10.0 Å². The fourth-order valence-corrected chi connectivity index (χ4v) is 4.98. The highest BCUT2D eigenvalue weighted by atomic mass is 35.5. The maximum atomic E-state index is 13.4. The van der Waals surface area contributed by atoms with Crippen molar-refractivity contribution in [1.29, 1.82) is 0 Å². The fraction of sp³-hybridized carbons (Fsp3) is 0.200. The summed E-state index contributed by atoms with van der Waals surface area (Å²) in [5.74, 6) is -0.619. The van der Waals surface area contributed by atoms with Crippen LogP contribution < -0.4 is 10.5 Å². The number of rotatable bonds is 4. The summed E-state index contributed by atoms with van der Waals surface area (Å²) in [7, 11) is -3.82. The number of sulfonamides is 1. The van der Waals surface area contributed by atoms with Crippen LogP contribution in [0.4, 0.5) is 14.6 Å². The van der Waals surface area contributed by atoms with E-state index < -0.39 is 21.7 Å². The van der Waals surface area contributed by atoms with Crippen LogP contribution in [0.1, 0.15) is 0 Å². The van der Waals surface area contributed by atoms with Crippen molar-refractivity contribution in [2.24, 2.45) is 0 Å². The molecule has 1 fully saturated rings. The Kier molecular flexibility index (Phi) is 5.78. The molecule has 4 rings (SSSR count). The maximum absolute atomic E-state index is 13.4. The van der Waals surface area contributed by atoms with E-state index >= 15 is 0 Å². The van der Waals surface area contributed by atoms with Crippen molar-refractivity contribution in [1.82, 2.24) is 14.1 Å². The van der Waals surface area contributed by atoms with Gasteiger partial charge in [-0.05, 0) is 48.5 Å². The first kappa shape index (κ1) is 21.4. The third kappa shape index (κ3) is 4.32. The summed E-state index contributed by atoms with van der Waals surface area (Å²) < 4.78 is 54.7. The molecule has 0 saturated carbocycles. The van der Waals surface area contributed by atoms with Crippen LogP contribution in [0, 0.1) is 11.6 Å². The van der Waals surface area contributed by atoms with Gasteiger partial charge in [0.2, 0.25) is 10.0 Å². The predicted octanol–water partition coefficient (Wildman–Crippen LogP) is 2.68. The second-order valence-corrected chi connectivity index (χ2v) is 9.23. The molecule has 1 aromatic heterocycles. The number of hydrogen-bond acceptors (Lipinski definition) is 5. The number of anilines is 1. The molecule has 1 aliphatic rings. The lowest BCUT2D eigenvalue weighted by Gasteiger charge is -2.34. The van der Waals surface area contributed by atoms with Gasteiger partial charge in [-0.3, -0.25) is 4.79 Å². The van der Waals surface area contributed by atoms with Crippen molar-refractivity contribution >= 4 is 27.4 Å². The number of benzene rings is 2. The smallest absolute Gasteiger partial charge is 0.271 e.